The van der Waals surface area contributed by atoms with E-state index in [0.717, 1.165) is 12.8 Å². The van der Waals surface area contributed by atoms with Crippen LogP contribution in [0.5, 0.6) is 0 Å². The predicted molar refractivity (Wildman–Crippen MR) is 75.5 cm³/mol. The fourth-order valence-corrected chi connectivity index (χ4v) is 2.37. The lowest BCUT2D eigenvalue weighted by molar-refractivity contribution is -0.143. The van der Waals surface area contributed by atoms with Crippen LogP contribution in [0.2, 0.25) is 0 Å². The molecular weight excluding hydrogens is 260 g/mol. The van der Waals surface area contributed by atoms with E-state index in [1.54, 1.807) is 11.8 Å². The van der Waals surface area contributed by atoms with Crippen LogP contribution in [0, 0.1) is 0 Å². The molecule has 1 unspecified atom stereocenters. The molecule has 1 aliphatic rings. The average Bonchev–Trinajstić information content (AvgIpc) is 2.39. The number of amides is 1. The van der Waals surface area contributed by atoms with Crippen molar-refractivity contribution in [2.75, 3.05) is 26.3 Å². The van der Waals surface area contributed by atoms with Gasteiger partial charge in [-0.2, -0.15) is 0 Å². The SMILES string of the molecule is CCOC(=O)CC(C)NC1CCN(C(=O)OCC)CC1. The standard InChI is InChI=1S/C14H26N2O4/c1-4-19-13(17)10-11(3)15-12-6-8-16(9-7-12)14(18)20-5-2/h11-12,15H,4-10H2,1-3H3. The minimum absolute atomic E-state index is 0.0909. The minimum atomic E-state index is -0.231. The zero-order chi connectivity index (χ0) is 15.0. The average molecular weight is 286 g/mol. The number of likely N-dealkylation sites (tertiary alicyclic amines) is 1. The maximum atomic E-state index is 11.6. The highest BCUT2D eigenvalue weighted by Gasteiger charge is 2.24. The van der Waals surface area contributed by atoms with Crippen molar-refractivity contribution in [1.29, 1.82) is 0 Å². The molecule has 1 saturated heterocycles. The maximum absolute atomic E-state index is 11.6. The molecule has 1 heterocycles. The molecule has 1 amide bonds. The number of rotatable bonds is 6. The topological polar surface area (TPSA) is 67.9 Å². The molecule has 0 aromatic heterocycles. The Labute approximate surface area is 120 Å². The van der Waals surface area contributed by atoms with Gasteiger partial charge in [-0.3, -0.25) is 4.79 Å². The summed E-state index contributed by atoms with van der Waals surface area (Å²) < 4.78 is 9.91. The van der Waals surface area contributed by atoms with Crippen LogP contribution in [0.1, 0.15) is 40.0 Å². The van der Waals surface area contributed by atoms with Crippen molar-refractivity contribution < 1.29 is 19.1 Å². The highest BCUT2D eigenvalue weighted by molar-refractivity contribution is 5.70. The van der Waals surface area contributed by atoms with Crippen LogP contribution >= 0.6 is 0 Å². The Morgan fingerprint density at radius 3 is 2.35 bits per heavy atom. The number of hydrogen-bond donors (Lipinski definition) is 1. The molecule has 1 fully saturated rings. The van der Waals surface area contributed by atoms with Crippen molar-refractivity contribution in [3.05, 3.63) is 0 Å². The van der Waals surface area contributed by atoms with Gasteiger partial charge in [0.2, 0.25) is 0 Å². The summed E-state index contributed by atoms with van der Waals surface area (Å²) >= 11 is 0. The molecule has 0 radical (unpaired) electrons. The first-order valence-electron chi connectivity index (χ1n) is 7.40. The molecule has 0 bridgehead atoms. The molecule has 0 saturated carbocycles. The maximum Gasteiger partial charge on any atom is 0.409 e. The van der Waals surface area contributed by atoms with Gasteiger partial charge in [-0.05, 0) is 33.6 Å². The molecular formula is C14H26N2O4. The fourth-order valence-electron chi connectivity index (χ4n) is 2.37. The smallest absolute Gasteiger partial charge is 0.409 e. The Morgan fingerprint density at radius 2 is 1.80 bits per heavy atom. The number of piperidine rings is 1. The van der Waals surface area contributed by atoms with Crippen LogP contribution in [-0.2, 0) is 14.3 Å². The van der Waals surface area contributed by atoms with Gasteiger partial charge >= 0.3 is 12.1 Å². The van der Waals surface area contributed by atoms with Crippen LogP contribution in [-0.4, -0.2) is 55.3 Å². The van der Waals surface area contributed by atoms with E-state index >= 15 is 0 Å². The first-order valence-corrected chi connectivity index (χ1v) is 7.40. The quantitative estimate of drug-likeness (QED) is 0.750. The number of hydrogen-bond acceptors (Lipinski definition) is 5. The lowest BCUT2D eigenvalue weighted by atomic mass is 10.0. The third-order valence-electron chi connectivity index (χ3n) is 3.32. The number of nitrogens with zero attached hydrogens (tertiary/aromatic N) is 1. The predicted octanol–water partition coefficient (Wildman–Crippen LogP) is 1.54. The highest BCUT2D eigenvalue weighted by atomic mass is 16.6. The first kappa shape index (κ1) is 16.8. The van der Waals surface area contributed by atoms with E-state index < -0.39 is 0 Å². The largest absolute Gasteiger partial charge is 0.466 e. The van der Waals surface area contributed by atoms with E-state index in [2.05, 4.69) is 5.32 Å². The van der Waals surface area contributed by atoms with Gasteiger partial charge in [0.25, 0.3) is 0 Å². The molecule has 1 rings (SSSR count). The van der Waals surface area contributed by atoms with E-state index in [-0.39, 0.29) is 18.1 Å². The summed E-state index contributed by atoms with van der Waals surface area (Å²) in [6.45, 7) is 7.82. The Hall–Kier alpha value is -1.30. The molecule has 0 aromatic carbocycles. The van der Waals surface area contributed by atoms with E-state index in [1.807, 2.05) is 13.8 Å². The monoisotopic (exact) mass is 286 g/mol. The summed E-state index contributed by atoms with van der Waals surface area (Å²) in [4.78, 5) is 24.7. The second kappa shape index (κ2) is 8.79. The first-order chi connectivity index (χ1) is 9.56. The van der Waals surface area contributed by atoms with Gasteiger partial charge in [0.1, 0.15) is 0 Å². The number of carbonyl (C=O) groups excluding carboxylic acids is 2. The fraction of sp³-hybridized carbons (Fsp3) is 0.857. The minimum Gasteiger partial charge on any atom is -0.466 e. The van der Waals surface area contributed by atoms with Gasteiger partial charge in [-0.1, -0.05) is 0 Å². The molecule has 116 valence electrons. The lowest BCUT2D eigenvalue weighted by Crippen LogP contribution is -2.47. The molecule has 1 atom stereocenters. The molecule has 20 heavy (non-hydrogen) atoms. The van der Waals surface area contributed by atoms with E-state index in [4.69, 9.17) is 9.47 Å². The zero-order valence-electron chi connectivity index (χ0n) is 12.7. The van der Waals surface area contributed by atoms with Crippen LogP contribution in [0.25, 0.3) is 0 Å². The summed E-state index contributed by atoms with van der Waals surface area (Å²) in [5.41, 5.74) is 0. The van der Waals surface area contributed by atoms with Gasteiger partial charge in [-0.15, -0.1) is 0 Å². The van der Waals surface area contributed by atoms with Crippen molar-refractivity contribution in [3.8, 4) is 0 Å². The van der Waals surface area contributed by atoms with Gasteiger partial charge in [0.15, 0.2) is 0 Å². The molecule has 0 aliphatic carbocycles. The van der Waals surface area contributed by atoms with Gasteiger partial charge in [0.05, 0.1) is 19.6 Å². The second-order valence-electron chi connectivity index (χ2n) is 5.04. The summed E-state index contributed by atoms with van der Waals surface area (Å²) in [7, 11) is 0. The molecule has 6 nitrogen and oxygen atoms in total. The zero-order valence-corrected chi connectivity index (χ0v) is 12.7. The summed E-state index contributed by atoms with van der Waals surface area (Å²) in [5, 5.41) is 3.42. The van der Waals surface area contributed by atoms with E-state index in [1.165, 1.54) is 0 Å². The van der Waals surface area contributed by atoms with Crippen molar-refractivity contribution in [2.45, 2.75) is 52.1 Å². The number of esters is 1. The summed E-state index contributed by atoms with van der Waals surface area (Å²) in [6, 6.07) is 0.429. The van der Waals surface area contributed by atoms with Crippen LogP contribution in [0.15, 0.2) is 0 Å². The Morgan fingerprint density at radius 1 is 1.20 bits per heavy atom. The number of ether oxygens (including phenoxy) is 2. The Kier molecular flexibility index (Phi) is 7.36. The van der Waals surface area contributed by atoms with Gasteiger partial charge in [-0.25, -0.2) is 4.79 Å². The van der Waals surface area contributed by atoms with Crippen molar-refractivity contribution in [1.82, 2.24) is 10.2 Å². The van der Waals surface area contributed by atoms with Crippen LogP contribution in [0.3, 0.4) is 0 Å². The van der Waals surface area contributed by atoms with Crippen LogP contribution < -0.4 is 5.32 Å². The van der Waals surface area contributed by atoms with Gasteiger partial charge in [0, 0.05) is 25.2 Å². The number of nitrogens with one attached hydrogen (secondary N) is 1. The van der Waals surface area contributed by atoms with Gasteiger partial charge < -0.3 is 19.7 Å². The Balaban J connectivity index is 2.24. The van der Waals surface area contributed by atoms with Crippen molar-refractivity contribution in [2.24, 2.45) is 0 Å². The van der Waals surface area contributed by atoms with E-state index in [9.17, 15) is 9.59 Å². The lowest BCUT2D eigenvalue weighted by Gasteiger charge is -2.33. The molecule has 0 spiro atoms. The van der Waals surface area contributed by atoms with Crippen LogP contribution in [0.4, 0.5) is 4.79 Å². The third kappa shape index (κ3) is 5.77. The summed E-state index contributed by atoms with van der Waals surface area (Å²) in [5.74, 6) is -0.170. The molecule has 0 aromatic rings. The highest BCUT2D eigenvalue weighted by Crippen LogP contribution is 2.12. The summed E-state index contributed by atoms with van der Waals surface area (Å²) in [6.07, 6.45) is 1.91. The third-order valence-corrected chi connectivity index (χ3v) is 3.32. The molecule has 1 N–H and O–H groups in total. The molecule has 6 heteroatoms. The number of carbonyl (C=O) groups is 2. The molecule has 1 aliphatic heterocycles. The van der Waals surface area contributed by atoms with Crippen molar-refractivity contribution >= 4 is 12.1 Å². The second-order valence-corrected chi connectivity index (χ2v) is 5.04. The normalized spacial score (nSPS) is 17.6. The van der Waals surface area contributed by atoms with Crippen molar-refractivity contribution in [3.63, 3.8) is 0 Å². The Bertz CT molecular complexity index is 314. The van der Waals surface area contributed by atoms with E-state index in [0.29, 0.717) is 38.8 Å².